The molecule has 156 valence electrons. The van der Waals surface area contributed by atoms with Crippen LogP contribution in [0, 0.1) is 0 Å². The molecule has 1 aliphatic rings. The molecular formula is C23H23BrClN2O3+. The van der Waals surface area contributed by atoms with E-state index in [0.29, 0.717) is 28.1 Å². The van der Waals surface area contributed by atoms with Crippen LogP contribution in [0.1, 0.15) is 41.6 Å². The van der Waals surface area contributed by atoms with Crippen LogP contribution in [0.15, 0.2) is 56.1 Å². The number of rotatable bonds is 6. The van der Waals surface area contributed by atoms with Gasteiger partial charge in [0.15, 0.2) is 5.43 Å². The quantitative estimate of drug-likeness (QED) is 0.573. The van der Waals surface area contributed by atoms with E-state index in [0.717, 1.165) is 29.7 Å². The Labute approximate surface area is 188 Å². The summed E-state index contributed by atoms with van der Waals surface area (Å²) in [4.78, 5) is 30.0. The monoisotopic (exact) mass is 489 g/mol. The maximum atomic E-state index is 13.5. The van der Waals surface area contributed by atoms with Gasteiger partial charge in [0.05, 0.1) is 43.2 Å². The van der Waals surface area contributed by atoms with E-state index < -0.39 is 6.04 Å². The molecule has 1 aromatic heterocycles. The number of hydrogen-bond donors (Lipinski definition) is 1. The fraction of sp³-hybridized carbons (Fsp3) is 0.304. The average Bonchev–Trinajstić information content (AvgIpc) is 3.02. The highest BCUT2D eigenvalue weighted by atomic mass is 79.9. The number of carbonyl (C=O) groups is 1. The number of amides is 1. The molecule has 4 rings (SSSR count). The molecule has 0 bridgehead atoms. The maximum absolute atomic E-state index is 13.5. The molecule has 2 aromatic carbocycles. The summed E-state index contributed by atoms with van der Waals surface area (Å²) in [6, 6.07) is 12.1. The van der Waals surface area contributed by atoms with Crippen molar-refractivity contribution in [3.8, 4) is 0 Å². The van der Waals surface area contributed by atoms with Gasteiger partial charge in [0.25, 0.3) is 5.91 Å². The summed E-state index contributed by atoms with van der Waals surface area (Å²) in [7, 11) is 0. The number of halogens is 2. The second-order valence-corrected chi connectivity index (χ2v) is 8.83. The van der Waals surface area contributed by atoms with Gasteiger partial charge in [-0.05, 0) is 49.7 Å². The third kappa shape index (κ3) is 3.68. The van der Waals surface area contributed by atoms with Gasteiger partial charge in [0.2, 0.25) is 5.76 Å². The third-order valence-electron chi connectivity index (χ3n) is 5.82. The Morgan fingerprint density at radius 2 is 1.80 bits per heavy atom. The van der Waals surface area contributed by atoms with Crippen LogP contribution in [0.4, 0.5) is 0 Å². The van der Waals surface area contributed by atoms with Crippen LogP contribution in [0.2, 0.25) is 5.02 Å². The summed E-state index contributed by atoms with van der Waals surface area (Å²) < 4.78 is 6.76. The molecular weight excluding hydrogens is 468 g/mol. The van der Waals surface area contributed by atoms with Gasteiger partial charge >= 0.3 is 0 Å². The van der Waals surface area contributed by atoms with Crippen LogP contribution in [0.3, 0.4) is 0 Å². The van der Waals surface area contributed by atoms with Gasteiger partial charge in [-0.1, -0.05) is 39.7 Å². The minimum Gasteiger partial charge on any atom is -0.450 e. The van der Waals surface area contributed by atoms with E-state index in [1.807, 2.05) is 12.1 Å². The molecule has 0 saturated heterocycles. The Morgan fingerprint density at radius 3 is 2.47 bits per heavy atom. The topological polar surface area (TPSA) is 55.0 Å². The van der Waals surface area contributed by atoms with Crippen LogP contribution < -0.4 is 10.3 Å². The zero-order valence-corrected chi connectivity index (χ0v) is 19.2. The van der Waals surface area contributed by atoms with Crippen molar-refractivity contribution in [3.05, 3.63) is 79.1 Å². The molecule has 0 radical (unpaired) electrons. The fourth-order valence-corrected chi connectivity index (χ4v) is 4.58. The van der Waals surface area contributed by atoms with Gasteiger partial charge in [-0.15, -0.1) is 0 Å². The van der Waals surface area contributed by atoms with Crippen molar-refractivity contribution in [2.75, 3.05) is 26.2 Å². The second-order valence-electron chi connectivity index (χ2n) is 7.47. The summed E-state index contributed by atoms with van der Waals surface area (Å²) in [6.07, 6.45) is 0. The molecule has 0 saturated carbocycles. The van der Waals surface area contributed by atoms with E-state index >= 15 is 0 Å². The van der Waals surface area contributed by atoms with Gasteiger partial charge in [0, 0.05) is 9.50 Å². The predicted octanol–water partition coefficient (Wildman–Crippen LogP) is 3.68. The Kier molecular flexibility index (Phi) is 6.00. The molecule has 30 heavy (non-hydrogen) atoms. The van der Waals surface area contributed by atoms with Crippen LogP contribution in [-0.2, 0) is 0 Å². The third-order valence-corrected chi connectivity index (χ3v) is 6.56. The lowest BCUT2D eigenvalue weighted by Crippen LogP contribution is -3.12. The summed E-state index contributed by atoms with van der Waals surface area (Å²) in [6.45, 7) is 7.55. The van der Waals surface area contributed by atoms with Crippen molar-refractivity contribution in [2.24, 2.45) is 0 Å². The molecule has 0 unspecified atom stereocenters. The smallest absolute Gasteiger partial charge is 0.291 e. The SMILES string of the molecule is CC[NH+](CC)CCN1C(=O)c2oc3ccc(Br)cc3c(=O)c2[C@@H]1c1ccc(Cl)cc1. The van der Waals surface area contributed by atoms with Gasteiger partial charge in [0.1, 0.15) is 5.58 Å². The lowest BCUT2D eigenvalue weighted by atomic mass is 9.98. The molecule has 0 aliphatic carbocycles. The first-order chi connectivity index (χ1) is 14.4. The van der Waals surface area contributed by atoms with E-state index in [1.54, 1.807) is 35.2 Å². The van der Waals surface area contributed by atoms with Crippen LogP contribution in [0.5, 0.6) is 0 Å². The molecule has 2 heterocycles. The van der Waals surface area contributed by atoms with E-state index in [-0.39, 0.29) is 17.1 Å². The Balaban J connectivity index is 1.87. The van der Waals surface area contributed by atoms with Crippen molar-refractivity contribution in [1.29, 1.82) is 0 Å². The van der Waals surface area contributed by atoms with E-state index in [4.69, 9.17) is 16.0 Å². The molecule has 5 nitrogen and oxygen atoms in total. The zero-order valence-electron chi connectivity index (χ0n) is 16.9. The number of hydrogen-bond acceptors (Lipinski definition) is 3. The number of benzene rings is 2. The van der Waals surface area contributed by atoms with Gasteiger partial charge in [-0.25, -0.2) is 0 Å². The fourth-order valence-electron chi connectivity index (χ4n) is 4.10. The first-order valence-corrected chi connectivity index (χ1v) is 11.3. The van der Waals surface area contributed by atoms with E-state index in [2.05, 4.69) is 29.8 Å². The number of fused-ring (bicyclic) bond motifs is 2. The van der Waals surface area contributed by atoms with Crippen LogP contribution >= 0.6 is 27.5 Å². The Hall–Kier alpha value is -2.15. The number of nitrogens with zero attached hydrogens (tertiary/aromatic N) is 1. The summed E-state index contributed by atoms with van der Waals surface area (Å²) in [5, 5.41) is 1.07. The lowest BCUT2D eigenvalue weighted by molar-refractivity contribution is -0.895. The van der Waals surface area contributed by atoms with Crippen LogP contribution in [-0.4, -0.2) is 37.0 Å². The highest BCUT2D eigenvalue weighted by Crippen LogP contribution is 2.38. The maximum Gasteiger partial charge on any atom is 0.291 e. The van der Waals surface area contributed by atoms with Gasteiger partial charge < -0.3 is 14.2 Å². The highest BCUT2D eigenvalue weighted by molar-refractivity contribution is 9.10. The largest absolute Gasteiger partial charge is 0.450 e. The minimum absolute atomic E-state index is 0.143. The van der Waals surface area contributed by atoms with Crippen molar-refractivity contribution in [2.45, 2.75) is 19.9 Å². The van der Waals surface area contributed by atoms with E-state index in [1.165, 1.54) is 4.90 Å². The first kappa shape index (κ1) is 21.1. The lowest BCUT2D eigenvalue weighted by Gasteiger charge is -2.26. The molecule has 1 N–H and O–H groups in total. The molecule has 1 aliphatic heterocycles. The highest BCUT2D eigenvalue weighted by Gasteiger charge is 2.42. The van der Waals surface area contributed by atoms with Crippen molar-refractivity contribution in [1.82, 2.24) is 4.90 Å². The van der Waals surface area contributed by atoms with Crippen molar-refractivity contribution in [3.63, 3.8) is 0 Å². The first-order valence-electron chi connectivity index (χ1n) is 10.1. The second kappa shape index (κ2) is 8.53. The average molecular weight is 491 g/mol. The van der Waals surface area contributed by atoms with Gasteiger partial charge in [-0.3, -0.25) is 9.59 Å². The van der Waals surface area contributed by atoms with Crippen molar-refractivity contribution < 1.29 is 14.1 Å². The normalized spacial score (nSPS) is 16.0. The molecule has 3 aromatic rings. The van der Waals surface area contributed by atoms with Gasteiger partial charge in [-0.2, -0.15) is 0 Å². The van der Waals surface area contributed by atoms with E-state index in [9.17, 15) is 9.59 Å². The van der Waals surface area contributed by atoms with Crippen LogP contribution in [0.25, 0.3) is 11.0 Å². The minimum atomic E-state index is -0.487. The molecule has 1 amide bonds. The van der Waals surface area contributed by atoms with Crippen molar-refractivity contribution >= 4 is 44.4 Å². The molecule has 0 spiro atoms. The summed E-state index contributed by atoms with van der Waals surface area (Å²) in [5.41, 5.74) is 1.50. The zero-order chi connectivity index (χ0) is 21.4. The summed E-state index contributed by atoms with van der Waals surface area (Å²) in [5.74, 6) is -0.0947. The Morgan fingerprint density at radius 1 is 1.10 bits per heavy atom. The molecule has 0 fully saturated rings. The number of quaternary nitrogens is 1. The number of likely N-dealkylation sites (N-methyl/N-ethyl adjacent to an activating group) is 1. The Bertz CT molecular complexity index is 1160. The molecule has 7 heteroatoms. The number of carbonyl (C=O) groups excluding carboxylic acids is 1. The predicted molar refractivity (Wildman–Crippen MR) is 121 cm³/mol. The number of nitrogens with one attached hydrogen (secondary N) is 1. The standard InChI is InChI=1S/C23H22BrClN2O3/c1-3-26(4-2)11-12-27-20(14-5-8-16(25)9-6-14)19-21(28)17-13-15(24)7-10-18(17)30-22(19)23(27)29/h5-10,13,20H,3-4,11-12H2,1-2H3/p+1/t20-/m0/s1. The molecule has 1 atom stereocenters. The summed E-state index contributed by atoms with van der Waals surface area (Å²) >= 11 is 9.50.